The van der Waals surface area contributed by atoms with Crippen molar-refractivity contribution in [2.24, 2.45) is 0 Å². The van der Waals surface area contributed by atoms with E-state index in [0.717, 1.165) is 29.7 Å². The second kappa shape index (κ2) is 9.24. The zero-order chi connectivity index (χ0) is 22.0. The Morgan fingerprint density at radius 2 is 2.03 bits per heavy atom. The van der Waals surface area contributed by atoms with Gasteiger partial charge in [-0.25, -0.2) is 0 Å². The van der Waals surface area contributed by atoms with Crippen LogP contribution in [0.25, 0.3) is 5.76 Å². The number of nitrogens with zero attached hydrogens (tertiary/aromatic N) is 1. The summed E-state index contributed by atoms with van der Waals surface area (Å²) in [6.45, 7) is 5.61. The summed E-state index contributed by atoms with van der Waals surface area (Å²) < 4.78 is 11.3. The Morgan fingerprint density at radius 1 is 1.26 bits per heavy atom. The Kier molecular flexibility index (Phi) is 6.43. The molecule has 4 rings (SSSR count). The number of ketones is 1. The molecular formula is C24H27NO5S. The Morgan fingerprint density at radius 3 is 2.65 bits per heavy atom. The lowest BCUT2D eigenvalue weighted by Gasteiger charge is -2.27. The SMILES string of the molecule is CCCOc1ccc(/C(O)=C2/C(=O)C(=O)N(CC3CCCO3)C2c2sccc2C)cc1. The number of thiophene rings is 1. The topological polar surface area (TPSA) is 76.1 Å². The quantitative estimate of drug-likeness (QED) is 0.390. The molecule has 2 aliphatic rings. The van der Waals surface area contributed by atoms with Crippen LogP contribution in [0.2, 0.25) is 0 Å². The van der Waals surface area contributed by atoms with E-state index >= 15 is 0 Å². The number of carbonyl (C=O) groups excluding carboxylic acids is 2. The van der Waals surface area contributed by atoms with Gasteiger partial charge in [-0.05, 0) is 67.5 Å². The van der Waals surface area contributed by atoms with E-state index in [9.17, 15) is 14.7 Å². The van der Waals surface area contributed by atoms with Crippen LogP contribution in [0.5, 0.6) is 5.75 Å². The van der Waals surface area contributed by atoms with Crippen LogP contribution in [0.1, 0.15) is 48.2 Å². The number of rotatable bonds is 7. The number of likely N-dealkylation sites (tertiary alicyclic amines) is 1. The lowest BCUT2D eigenvalue weighted by atomic mass is 9.98. The Balaban J connectivity index is 1.73. The van der Waals surface area contributed by atoms with Gasteiger partial charge in [0.1, 0.15) is 11.5 Å². The summed E-state index contributed by atoms with van der Waals surface area (Å²) in [4.78, 5) is 28.5. The average molecular weight is 442 g/mol. The van der Waals surface area contributed by atoms with Gasteiger partial charge in [0.15, 0.2) is 0 Å². The first kappa shape index (κ1) is 21.6. The maximum atomic E-state index is 13.1. The van der Waals surface area contributed by atoms with Gasteiger partial charge in [0.05, 0.1) is 24.3 Å². The summed E-state index contributed by atoms with van der Waals surface area (Å²) in [7, 11) is 0. The molecule has 0 spiro atoms. The molecule has 1 aromatic carbocycles. The molecular weight excluding hydrogens is 414 g/mol. The van der Waals surface area contributed by atoms with Crippen molar-refractivity contribution in [3.05, 3.63) is 57.3 Å². The number of amides is 1. The highest BCUT2D eigenvalue weighted by Crippen LogP contribution is 2.43. The number of ether oxygens (including phenoxy) is 2. The second-order valence-electron chi connectivity index (χ2n) is 7.93. The summed E-state index contributed by atoms with van der Waals surface area (Å²) in [5.74, 6) is -0.701. The highest BCUT2D eigenvalue weighted by Gasteiger charge is 2.47. The van der Waals surface area contributed by atoms with Crippen LogP contribution >= 0.6 is 11.3 Å². The molecule has 2 atom stereocenters. The van der Waals surface area contributed by atoms with E-state index in [1.165, 1.54) is 11.3 Å². The molecule has 0 saturated carbocycles. The minimum absolute atomic E-state index is 0.0870. The number of hydrogen-bond acceptors (Lipinski definition) is 6. The van der Waals surface area contributed by atoms with Crippen molar-refractivity contribution in [1.29, 1.82) is 0 Å². The van der Waals surface area contributed by atoms with E-state index in [1.54, 1.807) is 29.2 Å². The van der Waals surface area contributed by atoms with Crippen LogP contribution in [0.3, 0.4) is 0 Å². The van der Waals surface area contributed by atoms with Crippen molar-refractivity contribution in [3.8, 4) is 5.75 Å². The molecule has 3 heterocycles. The van der Waals surface area contributed by atoms with Crippen LogP contribution in [0.4, 0.5) is 0 Å². The van der Waals surface area contributed by atoms with Gasteiger partial charge >= 0.3 is 0 Å². The number of carbonyl (C=O) groups is 2. The zero-order valence-electron chi connectivity index (χ0n) is 17.8. The van der Waals surface area contributed by atoms with Crippen molar-refractivity contribution >= 4 is 28.8 Å². The number of benzene rings is 1. The van der Waals surface area contributed by atoms with Gasteiger partial charge in [-0.1, -0.05) is 6.92 Å². The molecule has 1 amide bonds. The predicted octanol–water partition coefficient (Wildman–Crippen LogP) is 4.45. The lowest BCUT2D eigenvalue weighted by Crippen LogP contribution is -2.36. The first-order chi connectivity index (χ1) is 15.0. The number of aliphatic hydroxyl groups is 1. The minimum Gasteiger partial charge on any atom is -0.507 e. The molecule has 6 nitrogen and oxygen atoms in total. The summed E-state index contributed by atoms with van der Waals surface area (Å²) in [5.41, 5.74) is 1.61. The van der Waals surface area contributed by atoms with E-state index in [4.69, 9.17) is 9.47 Å². The van der Waals surface area contributed by atoms with Crippen LogP contribution in [0, 0.1) is 6.92 Å². The van der Waals surface area contributed by atoms with Gasteiger partial charge in [0.25, 0.3) is 11.7 Å². The number of aryl methyl sites for hydroxylation is 1. The number of Topliss-reactive ketones (excluding diaryl/α,β-unsaturated/α-hetero) is 1. The molecule has 2 aliphatic heterocycles. The van der Waals surface area contributed by atoms with E-state index in [2.05, 4.69) is 0 Å². The molecule has 0 bridgehead atoms. The minimum atomic E-state index is -0.653. The Labute approximate surface area is 186 Å². The van der Waals surface area contributed by atoms with Crippen LogP contribution in [-0.4, -0.2) is 47.6 Å². The Hall–Kier alpha value is -2.64. The third kappa shape index (κ3) is 4.25. The molecule has 1 aromatic heterocycles. The fraction of sp³-hybridized carbons (Fsp3) is 0.417. The first-order valence-electron chi connectivity index (χ1n) is 10.7. The molecule has 2 unspecified atom stereocenters. The highest BCUT2D eigenvalue weighted by atomic mass is 32.1. The summed E-state index contributed by atoms with van der Waals surface area (Å²) in [6, 6.07) is 8.31. The van der Waals surface area contributed by atoms with Crippen molar-refractivity contribution in [2.75, 3.05) is 19.8 Å². The van der Waals surface area contributed by atoms with Gasteiger partial charge in [-0.3, -0.25) is 9.59 Å². The van der Waals surface area contributed by atoms with Crippen molar-refractivity contribution in [1.82, 2.24) is 4.90 Å². The predicted molar refractivity (Wildman–Crippen MR) is 119 cm³/mol. The van der Waals surface area contributed by atoms with Gasteiger partial charge in [0, 0.05) is 23.6 Å². The Bertz CT molecular complexity index is 988. The molecule has 7 heteroatoms. The third-order valence-electron chi connectivity index (χ3n) is 5.71. The number of hydrogen-bond donors (Lipinski definition) is 1. The van der Waals surface area contributed by atoms with E-state index in [-0.39, 0.29) is 17.4 Å². The average Bonchev–Trinajstić information content (AvgIpc) is 3.49. The van der Waals surface area contributed by atoms with E-state index in [0.29, 0.717) is 31.1 Å². The van der Waals surface area contributed by atoms with Crippen LogP contribution < -0.4 is 4.74 Å². The molecule has 31 heavy (non-hydrogen) atoms. The van der Waals surface area contributed by atoms with Gasteiger partial charge in [0.2, 0.25) is 0 Å². The third-order valence-corrected chi connectivity index (χ3v) is 6.79. The highest BCUT2D eigenvalue weighted by molar-refractivity contribution is 7.10. The smallest absolute Gasteiger partial charge is 0.295 e. The monoisotopic (exact) mass is 441 g/mol. The van der Waals surface area contributed by atoms with Gasteiger partial charge < -0.3 is 19.5 Å². The van der Waals surface area contributed by atoms with Crippen LogP contribution in [0.15, 0.2) is 41.3 Å². The van der Waals surface area contributed by atoms with Crippen molar-refractivity contribution in [2.45, 2.75) is 45.3 Å². The fourth-order valence-corrected chi connectivity index (χ4v) is 5.14. The summed E-state index contributed by atoms with van der Waals surface area (Å²) >= 11 is 1.49. The van der Waals surface area contributed by atoms with Crippen molar-refractivity contribution < 1.29 is 24.2 Å². The molecule has 1 N–H and O–H groups in total. The molecule has 164 valence electrons. The first-order valence-corrected chi connectivity index (χ1v) is 11.6. The largest absolute Gasteiger partial charge is 0.507 e. The fourth-order valence-electron chi connectivity index (χ4n) is 4.10. The standard InChI is InChI=1S/C24H27NO5S/c1-3-11-29-17-8-6-16(7-9-17)21(26)19-20(23-15(2)10-13-31-23)25(24(28)22(19)27)14-18-5-4-12-30-18/h6-10,13,18,20,26H,3-5,11-12,14H2,1-2H3/b21-19-. The maximum Gasteiger partial charge on any atom is 0.295 e. The molecule has 2 fully saturated rings. The van der Waals surface area contributed by atoms with Crippen molar-refractivity contribution in [3.63, 3.8) is 0 Å². The normalized spacial score (nSPS) is 23.0. The van der Waals surface area contributed by atoms with Gasteiger partial charge in [-0.2, -0.15) is 0 Å². The maximum absolute atomic E-state index is 13.1. The van der Waals surface area contributed by atoms with E-state index < -0.39 is 17.7 Å². The summed E-state index contributed by atoms with van der Waals surface area (Å²) in [6.07, 6.45) is 2.62. The lowest BCUT2D eigenvalue weighted by molar-refractivity contribution is -0.140. The summed E-state index contributed by atoms with van der Waals surface area (Å²) in [5, 5.41) is 13.1. The molecule has 0 radical (unpaired) electrons. The second-order valence-corrected chi connectivity index (χ2v) is 8.87. The molecule has 2 saturated heterocycles. The van der Waals surface area contributed by atoms with E-state index in [1.807, 2.05) is 25.3 Å². The van der Waals surface area contributed by atoms with Crippen LogP contribution in [-0.2, 0) is 14.3 Å². The zero-order valence-corrected chi connectivity index (χ0v) is 18.6. The molecule has 2 aromatic rings. The number of aliphatic hydroxyl groups excluding tert-OH is 1. The molecule has 0 aliphatic carbocycles. The van der Waals surface area contributed by atoms with Gasteiger partial charge in [-0.15, -0.1) is 11.3 Å².